The van der Waals surface area contributed by atoms with E-state index in [1.165, 1.54) is 0 Å². The number of carbonyl (C=O) groups excluding carboxylic acids is 5. The van der Waals surface area contributed by atoms with Gasteiger partial charge in [0.05, 0.1) is 0 Å². The molecule has 0 rings (SSSR count). The van der Waals surface area contributed by atoms with Crippen molar-refractivity contribution in [2.45, 2.75) is 91.5 Å². The van der Waals surface area contributed by atoms with Gasteiger partial charge in [0, 0.05) is 52.4 Å². The lowest BCUT2D eigenvalue weighted by Gasteiger charge is -2.33. The van der Waals surface area contributed by atoms with Crippen LogP contribution in [-0.2, 0) is 23.8 Å². The van der Waals surface area contributed by atoms with Gasteiger partial charge in [0.25, 0.3) is 0 Å². The zero-order chi connectivity index (χ0) is 36.3. The Bertz CT molecular complexity index is 982. The van der Waals surface area contributed by atoms with E-state index in [0.29, 0.717) is 0 Å². The van der Waals surface area contributed by atoms with E-state index in [9.17, 15) is 50.3 Å². The molecule has 0 aliphatic carbocycles. The molecule has 268 valence electrons. The SMILES string of the molecule is CC(C)(C)OC(=O)N(CCNC(=O)C(F)(F)F)CCN(CCN(CCNC(=O)C(F)(F)F)C(=O)OC(C)(C)C)C(=O)OC(C)(C)C. The lowest BCUT2D eigenvalue weighted by atomic mass is 10.2. The first kappa shape index (κ1) is 42.3. The second-order valence-electron chi connectivity index (χ2n) is 12.9. The van der Waals surface area contributed by atoms with Crippen molar-refractivity contribution in [3.63, 3.8) is 0 Å². The second-order valence-corrected chi connectivity index (χ2v) is 12.9. The average Bonchev–Trinajstić information content (AvgIpc) is 2.81. The molecule has 0 aromatic rings. The molecule has 13 nitrogen and oxygen atoms in total. The molecule has 0 saturated heterocycles. The maximum atomic E-state index is 13.1. The van der Waals surface area contributed by atoms with Crippen LogP contribution in [0, 0.1) is 0 Å². The first-order valence-electron chi connectivity index (χ1n) is 14.2. The molecule has 2 N–H and O–H groups in total. The van der Waals surface area contributed by atoms with Gasteiger partial charge in [0.15, 0.2) is 0 Å². The summed E-state index contributed by atoms with van der Waals surface area (Å²) in [6.07, 6.45) is -13.2. The van der Waals surface area contributed by atoms with E-state index < -0.39 is 85.4 Å². The van der Waals surface area contributed by atoms with Crippen LogP contribution in [0.5, 0.6) is 0 Å². The van der Waals surface area contributed by atoms with Crippen LogP contribution >= 0.6 is 0 Å². The van der Waals surface area contributed by atoms with Gasteiger partial charge in [-0.2, -0.15) is 26.3 Å². The van der Waals surface area contributed by atoms with Crippen LogP contribution in [0.2, 0.25) is 0 Å². The zero-order valence-corrected chi connectivity index (χ0v) is 27.5. The van der Waals surface area contributed by atoms with E-state index in [0.717, 1.165) is 14.7 Å². The third-order valence-electron chi connectivity index (χ3n) is 5.08. The van der Waals surface area contributed by atoms with Gasteiger partial charge in [-0.3, -0.25) is 9.59 Å². The van der Waals surface area contributed by atoms with Crippen LogP contribution in [0.3, 0.4) is 0 Å². The van der Waals surface area contributed by atoms with Crippen molar-refractivity contribution < 1.29 is 64.5 Å². The number of halogens is 6. The molecule has 0 heterocycles. The summed E-state index contributed by atoms with van der Waals surface area (Å²) in [5, 5.41) is 3.29. The van der Waals surface area contributed by atoms with Gasteiger partial charge in [-0.25, -0.2) is 14.4 Å². The largest absolute Gasteiger partial charge is 0.471 e. The van der Waals surface area contributed by atoms with E-state index in [1.807, 2.05) is 0 Å². The summed E-state index contributed by atoms with van der Waals surface area (Å²) in [6, 6.07) is 0. The number of nitrogens with one attached hydrogen (secondary N) is 2. The Morgan fingerprint density at radius 2 is 0.674 bits per heavy atom. The van der Waals surface area contributed by atoms with Crippen LogP contribution in [0.4, 0.5) is 40.7 Å². The smallest absolute Gasteiger partial charge is 0.444 e. The highest BCUT2D eigenvalue weighted by Crippen LogP contribution is 2.16. The Balaban J connectivity index is 5.99. The molecule has 0 atom stereocenters. The lowest BCUT2D eigenvalue weighted by molar-refractivity contribution is -0.173. The van der Waals surface area contributed by atoms with Crippen molar-refractivity contribution >= 4 is 30.1 Å². The number of ether oxygens (including phenoxy) is 3. The zero-order valence-electron chi connectivity index (χ0n) is 27.5. The summed E-state index contributed by atoms with van der Waals surface area (Å²) < 4.78 is 91.7. The third-order valence-corrected chi connectivity index (χ3v) is 5.08. The normalized spacial score (nSPS) is 12.5. The molecule has 0 radical (unpaired) electrons. The number of amides is 5. The van der Waals surface area contributed by atoms with Crippen molar-refractivity contribution in [1.29, 1.82) is 0 Å². The summed E-state index contributed by atoms with van der Waals surface area (Å²) in [7, 11) is 0. The summed E-state index contributed by atoms with van der Waals surface area (Å²) >= 11 is 0. The number of hydrogen-bond donors (Lipinski definition) is 2. The molecule has 0 fully saturated rings. The van der Waals surface area contributed by atoms with Gasteiger partial charge in [-0.1, -0.05) is 0 Å². The molecule has 46 heavy (non-hydrogen) atoms. The standard InChI is InChI=1S/C27H45F6N5O8/c1-23(2,3)44-20(41)36(12-10-34-18(39)26(28,29)30)14-16-38(22(43)46-25(7,8)9)17-15-37(21(42)45-24(4,5)6)13-11-35-19(40)27(31,32)33/h10-17H2,1-9H3,(H,34,39)(H,35,40). The number of carbonyl (C=O) groups is 5. The van der Waals surface area contributed by atoms with Gasteiger partial charge in [-0.15, -0.1) is 0 Å². The van der Waals surface area contributed by atoms with E-state index in [-0.39, 0.29) is 26.2 Å². The molecule has 0 aliphatic rings. The molecule has 0 bridgehead atoms. The Labute approximate surface area is 264 Å². The van der Waals surface area contributed by atoms with Crippen molar-refractivity contribution in [3.8, 4) is 0 Å². The van der Waals surface area contributed by atoms with Gasteiger partial charge in [0.1, 0.15) is 16.8 Å². The van der Waals surface area contributed by atoms with Gasteiger partial charge in [0.2, 0.25) is 0 Å². The van der Waals surface area contributed by atoms with E-state index >= 15 is 0 Å². The molecule has 5 amide bonds. The molecule has 19 heteroatoms. The van der Waals surface area contributed by atoms with Crippen molar-refractivity contribution in [2.75, 3.05) is 52.4 Å². The van der Waals surface area contributed by atoms with Gasteiger partial charge >= 0.3 is 42.4 Å². The minimum absolute atomic E-state index is 0.311. The fourth-order valence-electron chi connectivity index (χ4n) is 3.15. The minimum atomic E-state index is -5.15. The van der Waals surface area contributed by atoms with Gasteiger partial charge < -0.3 is 39.5 Å². The maximum absolute atomic E-state index is 13.1. The van der Waals surface area contributed by atoms with E-state index in [4.69, 9.17) is 14.2 Å². The van der Waals surface area contributed by atoms with Gasteiger partial charge in [-0.05, 0) is 62.3 Å². The average molecular weight is 682 g/mol. The lowest BCUT2D eigenvalue weighted by Crippen LogP contribution is -2.50. The fraction of sp³-hybridized carbons (Fsp3) is 0.815. The first-order chi connectivity index (χ1) is 20.5. The molecular formula is C27H45F6N5O8. The summed E-state index contributed by atoms with van der Waals surface area (Å²) in [5.74, 6) is -4.44. The first-order valence-corrected chi connectivity index (χ1v) is 14.2. The minimum Gasteiger partial charge on any atom is -0.444 e. The fourth-order valence-corrected chi connectivity index (χ4v) is 3.15. The highest BCUT2D eigenvalue weighted by atomic mass is 19.4. The van der Waals surface area contributed by atoms with E-state index in [1.54, 1.807) is 72.9 Å². The summed E-state index contributed by atoms with van der Waals surface area (Å²) in [6.45, 7) is 10.6. The van der Waals surface area contributed by atoms with Crippen LogP contribution in [-0.4, -0.2) is 126 Å². The molecule has 0 unspecified atom stereocenters. The maximum Gasteiger partial charge on any atom is 0.471 e. The Kier molecular flexibility index (Phi) is 15.4. The molecule has 0 aliphatic heterocycles. The van der Waals surface area contributed by atoms with Crippen molar-refractivity contribution in [1.82, 2.24) is 25.3 Å². The third kappa shape index (κ3) is 19.0. The Morgan fingerprint density at radius 1 is 0.457 bits per heavy atom. The van der Waals surface area contributed by atoms with Crippen LogP contribution in [0.25, 0.3) is 0 Å². The summed E-state index contributed by atoms with van der Waals surface area (Å²) in [4.78, 5) is 64.1. The number of hydrogen-bond acceptors (Lipinski definition) is 8. The number of rotatable bonds is 12. The van der Waals surface area contributed by atoms with Crippen LogP contribution < -0.4 is 10.6 Å². The molecule has 0 spiro atoms. The molecule has 0 aromatic heterocycles. The predicted octanol–water partition coefficient (Wildman–Crippen LogP) is 4.05. The number of nitrogens with zero attached hydrogens (tertiary/aromatic N) is 3. The van der Waals surface area contributed by atoms with E-state index in [2.05, 4.69) is 0 Å². The Morgan fingerprint density at radius 3 is 0.870 bits per heavy atom. The Hall–Kier alpha value is -3.67. The number of alkyl halides is 6. The predicted molar refractivity (Wildman–Crippen MR) is 152 cm³/mol. The second kappa shape index (κ2) is 16.8. The highest BCUT2D eigenvalue weighted by Gasteiger charge is 2.39. The quantitative estimate of drug-likeness (QED) is 0.232. The highest BCUT2D eigenvalue weighted by molar-refractivity contribution is 5.82. The van der Waals surface area contributed by atoms with Crippen LogP contribution in [0.1, 0.15) is 62.3 Å². The monoisotopic (exact) mass is 681 g/mol. The topological polar surface area (TPSA) is 147 Å². The van der Waals surface area contributed by atoms with Crippen molar-refractivity contribution in [3.05, 3.63) is 0 Å². The van der Waals surface area contributed by atoms with Crippen molar-refractivity contribution in [2.24, 2.45) is 0 Å². The molecule has 0 saturated carbocycles. The van der Waals surface area contributed by atoms with Crippen LogP contribution in [0.15, 0.2) is 0 Å². The molecular weight excluding hydrogens is 636 g/mol. The molecule has 0 aromatic carbocycles. The summed E-state index contributed by atoms with van der Waals surface area (Å²) in [5.41, 5.74) is -3.02.